The first-order chi connectivity index (χ1) is 6.24. The van der Waals surface area contributed by atoms with E-state index in [0.717, 1.165) is 5.82 Å². The van der Waals surface area contributed by atoms with Crippen LogP contribution in [-0.2, 0) is 13.6 Å². The van der Waals surface area contributed by atoms with Crippen LogP contribution in [0.25, 0.3) is 0 Å². The summed E-state index contributed by atoms with van der Waals surface area (Å²) in [5.74, 6) is 0.971. The first-order valence-corrected chi connectivity index (χ1v) is 4.67. The van der Waals surface area contributed by atoms with Crippen LogP contribution in [0.1, 0.15) is 5.82 Å². The van der Waals surface area contributed by atoms with Crippen molar-refractivity contribution in [1.82, 2.24) is 14.9 Å². The van der Waals surface area contributed by atoms with Gasteiger partial charge in [-0.15, -0.1) is 0 Å². The molecule has 5 heteroatoms. The van der Waals surface area contributed by atoms with Crippen molar-refractivity contribution in [3.05, 3.63) is 28.8 Å². The summed E-state index contributed by atoms with van der Waals surface area (Å²) in [6.07, 6.45) is 3.66. The number of nitrogens with zero attached hydrogens (tertiary/aromatic N) is 2. The molecule has 1 N–H and O–H groups in total. The van der Waals surface area contributed by atoms with Crippen molar-refractivity contribution in [2.75, 3.05) is 6.54 Å². The summed E-state index contributed by atoms with van der Waals surface area (Å²) < 4.78 is 1.95. The SMILES string of the molecule is Cn1ccnc1CNCC(Cl)=CCl. The lowest BCUT2D eigenvalue weighted by Crippen LogP contribution is -2.17. The first kappa shape index (κ1) is 10.6. The van der Waals surface area contributed by atoms with Gasteiger partial charge in [0.2, 0.25) is 0 Å². The van der Waals surface area contributed by atoms with Gasteiger partial charge >= 0.3 is 0 Å². The summed E-state index contributed by atoms with van der Waals surface area (Å²) >= 11 is 11.1. The lowest BCUT2D eigenvalue weighted by atomic mass is 10.5. The van der Waals surface area contributed by atoms with E-state index in [1.165, 1.54) is 5.54 Å². The predicted molar refractivity (Wildman–Crippen MR) is 54.7 cm³/mol. The fraction of sp³-hybridized carbons (Fsp3) is 0.375. The molecule has 0 atom stereocenters. The van der Waals surface area contributed by atoms with Gasteiger partial charge < -0.3 is 9.88 Å². The third kappa shape index (κ3) is 3.38. The Hall–Kier alpha value is -0.510. The minimum atomic E-state index is 0.567. The molecule has 0 aromatic carbocycles. The molecule has 13 heavy (non-hydrogen) atoms. The molecular formula is C8H11Cl2N3. The molecule has 0 saturated heterocycles. The van der Waals surface area contributed by atoms with E-state index in [2.05, 4.69) is 10.3 Å². The van der Waals surface area contributed by atoms with Crippen molar-refractivity contribution in [3.63, 3.8) is 0 Å². The fourth-order valence-corrected chi connectivity index (χ4v) is 1.07. The summed E-state index contributed by atoms with van der Waals surface area (Å²) in [6, 6.07) is 0. The van der Waals surface area contributed by atoms with Crippen molar-refractivity contribution in [1.29, 1.82) is 0 Å². The summed E-state index contributed by atoms with van der Waals surface area (Å²) in [5, 5.41) is 3.70. The molecule has 1 heterocycles. The molecule has 0 aliphatic carbocycles. The van der Waals surface area contributed by atoms with E-state index in [9.17, 15) is 0 Å². The zero-order valence-electron chi connectivity index (χ0n) is 7.30. The molecule has 1 aromatic heterocycles. The van der Waals surface area contributed by atoms with Crippen molar-refractivity contribution in [2.24, 2.45) is 7.05 Å². The van der Waals surface area contributed by atoms with Crippen LogP contribution in [0.3, 0.4) is 0 Å². The van der Waals surface area contributed by atoms with Crippen LogP contribution in [0.15, 0.2) is 23.0 Å². The average molecular weight is 220 g/mol. The summed E-state index contributed by atoms with van der Waals surface area (Å²) in [5.41, 5.74) is 1.35. The molecule has 72 valence electrons. The standard InChI is InChI=1S/C8H11Cl2N3/c1-13-3-2-12-8(13)6-11-5-7(10)4-9/h2-4,11H,5-6H2,1H3. The predicted octanol–water partition coefficient (Wildman–Crippen LogP) is 1.83. The first-order valence-electron chi connectivity index (χ1n) is 3.85. The number of nitrogens with one attached hydrogen (secondary N) is 1. The Labute approximate surface area is 87.4 Å². The van der Waals surface area contributed by atoms with Crippen LogP contribution in [0.5, 0.6) is 0 Å². The number of hydrogen-bond acceptors (Lipinski definition) is 2. The molecule has 0 saturated carbocycles. The molecule has 3 nitrogen and oxygen atoms in total. The third-order valence-corrected chi connectivity index (χ3v) is 2.23. The van der Waals surface area contributed by atoms with Crippen molar-refractivity contribution < 1.29 is 0 Å². The van der Waals surface area contributed by atoms with Gasteiger partial charge in [0.25, 0.3) is 0 Å². The Kier molecular flexibility index (Phi) is 4.28. The number of imidazole rings is 1. The van der Waals surface area contributed by atoms with E-state index in [-0.39, 0.29) is 0 Å². The molecule has 0 unspecified atom stereocenters. The Morgan fingerprint density at radius 1 is 1.77 bits per heavy atom. The Morgan fingerprint density at radius 3 is 3.08 bits per heavy atom. The molecular weight excluding hydrogens is 209 g/mol. The average Bonchev–Trinajstić information content (AvgIpc) is 2.52. The molecule has 1 rings (SSSR count). The molecule has 0 amide bonds. The van der Waals surface area contributed by atoms with Crippen LogP contribution in [0.4, 0.5) is 0 Å². The number of rotatable bonds is 4. The zero-order valence-corrected chi connectivity index (χ0v) is 8.81. The Bertz CT molecular complexity index is 293. The normalized spacial score (nSPS) is 12.1. The lowest BCUT2D eigenvalue weighted by Gasteiger charge is -2.03. The van der Waals surface area contributed by atoms with E-state index < -0.39 is 0 Å². The van der Waals surface area contributed by atoms with E-state index in [1.807, 2.05) is 17.8 Å². The molecule has 1 aromatic rings. The van der Waals surface area contributed by atoms with Gasteiger partial charge in [-0.3, -0.25) is 0 Å². The molecule has 0 fully saturated rings. The van der Waals surface area contributed by atoms with Crippen molar-refractivity contribution in [2.45, 2.75) is 6.54 Å². The highest BCUT2D eigenvalue weighted by molar-refractivity contribution is 6.36. The maximum atomic E-state index is 5.68. The topological polar surface area (TPSA) is 29.9 Å². The highest BCUT2D eigenvalue weighted by atomic mass is 35.5. The van der Waals surface area contributed by atoms with Gasteiger partial charge in [-0.05, 0) is 0 Å². The number of halogens is 2. The van der Waals surface area contributed by atoms with E-state index in [4.69, 9.17) is 23.2 Å². The van der Waals surface area contributed by atoms with E-state index in [0.29, 0.717) is 18.1 Å². The highest BCUT2D eigenvalue weighted by Gasteiger charge is 1.97. The number of hydrogen-bond donors (Lipinski definition) is 1. The second kappa shape index (κ2) is 5.27. The molecule has 0 aliphatic rings. The van der Waals surface area contributed by atoms with Crippen LogP contribution >= 0.6 is 23.2 Å². The largest absolute Gasteiger partial charge is 0.337 e. The number of aromatic nitrogens is 2. The maximum Gasteiger partial charge on any atom is 0.122 e. The van der Waals surface area contributed by atoms with Gasteiger partial charge in [0.05, 0.1) is 6.54 Å². The minimum Gasteiger partial charge on any atom is -0.337 e. The zero-order chi connectivity index (χ0) is 9.68. The molecule has 0 radical (unpaired) electrons. The quantitative estimate of drug-likeness (QED) is 0.838. The summed E-state index contributed by atoms with van der Waals surface area (Å²) in [6.45, 7) is 1.25. The fourth-order valence-electron chi connectivity index (χ4n) is 0.899. The maximum absolute atomic E-state index is 5.68. The Balaban J connectivity index is 2.32. The summed E-state index contributed by atoms with van der Waals surface area (Å²) in [4.78, 5) is 4.14. The van der Waals surface area contributed by atoms with Gasteiger partial charge in [0.15, 0.2) is 0 Å². The van der Waals surface area contributed by atoms with Crippen LogP contribution in [0.2, 0.25) is 0 Å². The van der Waals surface area contributed by atoms with Crippen LogP contribution in [-0.4, -0.2) is 16.1 Å². The van der Waals surface area contributed by atoms with Crippen molar-refractivity contribution in [3.8, 4) is 0 Å². The van der Waals surface area contributed by atoms with E-state index >= 15 is 0 Å². The minimum absolute atomic E-state index is 0.567. The second-order valence-electron chi connectivity index (χ2n) is 2.61. The summed E-state index contributed by atoms with van der Waals surface area (Å²) in [7, 11) is 1.95. The smallest absolute Gasteiger partial charge is 0.122 e. The van der Waals surface area contributed by atoms with E-state index in [1.54, 1.807) is 6.20 Å². The van der Waals surface area contributed by atoms with Gasteiger partial charge in [-0.1, -0.05) is 23.2 Å². The molecule has 0 spiro atoms. The highest BCUT2D eigenvalue weighted by Crippen LogP contribution is 2.01. The molecule has 0 bridgehead atoms. The third-order valence-electron chi connectivity index (χ3n) is 1.62. The number of aryl methyl sites for hydroxylation is 1. The van der Waals surface area contributed by atoms with Crippen LogP contribution in [0, 0.1) is 0 Å². The second-order valence-corrected chi connectivity index (χ2v) is 3.32. The van der Waals surface area contributed by atoms with Gasteiger partial charge in [0.1, 0.15) is 5.82 Å². The van der Waals surface area contributed by atoms with Crippen LogP contribution < -0.4 is 5.32 Å². The van der Waals surface area contributed by atoms with Gasteiger partial charge in [0, 0.05) is 36.6 Å². The Morgan fingerprint density at radius 2 is 2.54 bits per heavy atom. The monoisotopic (exact) mass is 219 g/mol. The van der Waals surface area contributed by atoms with Gasteiger partial charge in [-0.2, -0.15) is 0 Å². The lowest BCUT2D eigenvalue weighted by molar-refractivity contribution is 0.677. The van der Waals surface area contributed by atoms with Gasteiger partial charge in [-0.25, -0.2) is 4.98 Å². The molecule has 0 aliphatic heterocycles. The van der Waals surface area contributed by atoms with Crippen molar-refractivity contribution >= 4 is 23.2 Å².